The molecule has 0 saturated heterocycles. The van der Waals surface area contributed by atoms with Gasteiger partial charge in [0.15, 0.2) is 5.78 Å². The topological polar surface area (TPSA) is 57.5 Å². The van der Waals surface area contributed by atoms with Crippen LogP contribution in [0.5, 0.6) is 0 Å². The van der Waals surface area contributed by atoms with Gasteiger partial charge in [-0.05, 0) is 19.3 Å². The summed E-state index contributed by atoms with van der Waals surface area (Å²) in [7, 11) is 0. The Labute approximate surface area is 53.3 Å². The van der Waals surface area contributed by atoms with Gasteiger partial charge in [-0.3, -0.25) is 4.79 Å². The Morgan fingerprint density at radius 1 is 1.22 bits per heavy atom. The van der Waals surface area contributed by atoms with Crippen LogP contribution in [0.3, 0.4) is 0 Å². The van der Waals surface area contributed by atoms with Gasteiger partial charge in [0.05, 0.1) is 0 Å². The lowest BCUT2D eigenvalue weighted by atomic mass is 9.94. The molecule has 0 aromatic rings. The molecule has 3 heteroatoms. The van der Waals surface area contributed by atoms with Crippen LogP contribution in [0.25, 0.3) is 0 Å². The highest BCUT2D eigenvalue weighted by Gasteiger charge is 2.27. The van der Waals surface area contributed by atoms with Crippen molar-refractivity contribution in [2.45, 2.75) is 31.5 Å². The minimum absolute atomic E-state index is 0.416. The van der Waals surface area contributed by atoms with E-state index < -0.39 is 18.0 Å². The minimum atomic E-state index is -0.909. The summed E-state index contributed by atoms with van der Waals surface area (Å²) in [4.78, 5) is 10.6. The molecule has 1 rings (SSSR count). The van der Waals surface area contributed by atoms with Crippen molar-refractivity contribution in [2.24, 2.45) is 0 Å². The number of carbonyl (C=O) groups excluding carboxylic acids is 1. The normalized spacial score (nSPS) is 36.9. The predicted octanol–water partition coefficient (Wildman–Crippen LogP) is -0.539. The third kappa shape index (κ3) is 1.28. The Morgan fingerprint density at radius 2 is 1.67 bits per heavy atom. The van der Waals surface area contributed by atoms with E-state index in [1.807, 2.05) is 0 Å². The summed E-state index contributed by atoms with van der Waals surface area (Å²) in [6, 6.07) is 0. The summed E-state index contributed by atoms with van der Waals surface area (Å²) in [6.07, 6.45) is -0.0534. The first-order chi connectivity index (χ1) is 4.22. The smallest absolute Gasteiger partial charge is 0.189 e. The van der Waals surface area contributed by atoms with Crippen LogP contribution in [0, 0.1) is 0 Å². The van der Waals surface area contributed by atoms with Crippen molar-refractivity contribution in [3.63, 3.8) is 0 Å². The molecule has 1 fully saturated rings. The molecular weight excluding hydrogens is 120 g/mol. The number of hydrogen-bond donors (Lipinski definition) is 2. The summed E-state index contributed by atoms with van der Waals surface area (Å²) < 4.78 is 0. The summed E-state index contributed by atoms with van der Waals surface area (Å²) in [6.45, 7) is 0. The van der Waals surface area contributed by atoms with Crippen molar-refractivity contribution in [2.75, 3.05) is 0 Å². The van der Waals surface area contributed by atoms with Gasteiger partial charge >= 0.3 is 0 Å². The van der Waals surface area contributed by atoms with Gasteiger partial charge in [0.25, 0.3) is 0 Å². The average molecular weight is 130 g/mol. The van der Waals surface area contributed by atoms with Crippen molar-refractivity contribution in [3.8, 4) is 0 Å². The fraction of sp³-hybridized carbons (Fsp3) is 0.833. The van der Waals surface area contributed by atoms with Gasteiger partial charge in [0, 0.05) is 0 Å². The predicted molar refractivity (Wildman–Crippen MR) is 30.9 cm³/mol. The van der Waals surface area contributed by atoms with Crippen LogP contribution in [-0.2, 0) is 4.79 Å². The van der Waals surface area contributed by atoms with Crippen LogP contribution >= 0.6 is 0 Å². The monoisotopic (exact) mass is 130 g/mol. The molecule has 2 N–H and O–H groups in total. The minimum Gasteiger partial charge on any atom is -0.385 e. The van der Waals surface area contributed by atoms with E-state index in [2.05, 4.69) is 0 Å². The molecule has 2 unspecified atom stereocenters. The zero-order valence-corrected chi connectivity index (χ0v) is 5.08. The fourth-order valence-electron chi connectivity index (χ4n) is 1.01. The van der Waals surface area contributed by atoms with Crippen LogP contribution in [0.2, 0.25) is 0 Å². The van der Waals surface area contributed by atoms with Gasteiger partial charge in [-0.2, -0.15) is 0 Å². The van der Waals surface area contributed by atoms with E-state index in [0.29, 0.717) is 12.8 Å². The number of carbonyl (C=O) groups is 1. The largest absolute Gasteiger partial charge is 0.385 e. The Bertz CT molecular complexity index is 109. The molecule has 0 heterocycles. The molecule has 52 valence electrons. The lowest BCUT2D eigenvalue weighted by Gasteiger charge is -2.19. The second kappa shape index (κ2) is 2.45. The zero-order chi connectivity index (χ0) is 6.85. The quantitative estimate of drug-likeness (QED) is 0.463. The van der Waals surface area contributed by atoms with E-state index in [-0.39, 0.29) is 0 Å². The highest BCUT2D eigenvalue weighted by atomic mass is 16.3. The molecule has 2 atom stereocenters. The van der Waals surface area contributed by atoms with Crippen molar-refractivity contribution in [3.05, 3.63) is 0 Å². The lowest BCUT2D eigenvalue weighted by molar-refractivity contribution is -0.139. The van der Waals surface area contributed by atoms with Gasteiger partial charge in [-0.25, -0.2) is 0 Å². The summed E-state index contributed by atoms with van der Waals surface area (Å²) in [5, 5.41) is 17.7. The number of hydrogen-bond acceptors (Lipinski definition) is 3. The number of Topliss-reactive ketones (excluding diaryl/α,β-unsaturated/α-hetero) is 1. The molecule has 9 heavy (non-hydrogen) atoms. The molecule has 1 saturated carbocycles. The van der Waals surface area contributed by atoms with E-state index in [1.54, 1.807) is 0 Å². The molecule has 0 aromatic heterocycles. The molecule has 0 radical (unpaired) electrons. The molecule has 0 amide bonds. The summed E-state index contributed by atoms with van der Waals surface area (Å²) in [5.41, 5.74) is 0. The summed E-state index contributed by atoms with van der Waals surface area (Å²) in [5.74, 6) is -0.416. The second-order valence-corrected chi connectivity index (χ2v) is 2.36. The molecule has 0 aromatic carbocycles. The van der Waals surface area contributed by atoms with Crippen LogP contribution in [-0.4, -0.2) is 28.2 Å². The van der Waals surface area contributed by atoms with Gasteiger partial charge in [-0.15, -0.1) is 0 Å². The highest BCUT2D eigenvalue weighted by Crippen LogP contribution is 2.14. The summed E-state index contributed by atoms with van der Waals surface area (Å²) >= 11 is 0. The number of rotatable bonds is 0. The van der Waals surface area contributed by atoms with Crippen molar-refractivity contribution < 1.29 is 15.0 Å². The fourth-order valence-corrected chi connectivity index (χ4v) is 1.01. The first-order valence-electron chi connectivity index (χ1n) is 3.11. The van der Waals surface area contributed by atoms with Gasteiger partial charge in [0.1, 0.15) is 12.2 Å². The Kier molecular flexibility index (Phi) is 1.83. The maximum Gasteiger partial charge on any atom is 0.189 e. The molecule has 0 bridgehead atoms. The molecular formula is C6H10O3. The lowest BCUT2D eigenvalue weighted by Crippen LogP contribution is -2.36. The van der Waals surface area contributed by atoms with Crippen LogP contribution in [0.15, 0.2) is 0 Å². The van der Waals surface area contributed by atoms with E-state index >= 15 is 0 Å². The number of aliphatic hydroxyl groups is 2. The van der Waals surface area contributed by atoms with Crippen molar-refractivity contribution in [1.29, 1.82) is 0 Å². The van der Waals surface area contributed by atoms with E-state index in [1.165, 1.54) is 0 Å². The molecule has 0 spiro atoms. The first kappa shape index (κ1) is 6.71. The van der Waals surface area contributed by atoms with Crippen molar-refractivity contribution >= 4 is 5.78 Å². The third-order valence-electron chi connectivity index (χ3n) is 1.61. The van der Waals surface area contributed by atoms with Crippen LogP contribution in [0.1, 0.15) is 19.3 Å². The number of ketones is 1. The first-order valence-corrected chi connectivity index (χ1v) is 3.11. The van der Waals surface area contributed by atoms with Gasteiger partial charge in [-0.1, -0.05) is 0 Å². The van der Waals surface area contributed by atoms with E-state index in [4.69, 9.17) is 10.2 Å². The van der Waals surface area contributed by atoms with E-state index in [0.717, 1.165) is 6.42 Å². The molecule has 0 aliphatic heterocycles. The second-order valence-electron chi connectivity index (χ2n) is 2.36. The molecule has 3 nitrogen and oxygen atoms in total. The van der Waals surface area contributed by atoms with Crippen LogP contribution < -0.4 is 0 Å². The maximum absolute atomic E-state index is 10.6. The maximum atomic E-state index is 10.6. The van der Waals surface area contributed by atoms with Gasteiger partial charge < -0.3 is 10.2 Å². The Balaban J connectivity index is 2.52. The highest BCUT2D eigenvalue weighted by molar-refractivity contribution is 5.87. The third-order valence-corrected chi connectivity index (χ3v) is 1.61. The van der Waals surface area contributed by atoms with E-state index in [9.17, 15) is 4.79 Å². The number of aliphatic hydroxyl groups excluding tert-OH is 2. The Hall–Kier alpha value is -0.410. The SMILES string of the molecule is O=C1C(O)CCCC1O. The average Bonchev–Trinajstić information content (AvgIpc) is 1.83. The van der Waals surface area contributed by atoms with Crippen molar-refractivity contribution in [1.82, 2.24) is 0 Å². The van der Waals surface area contributed by atoms with Crippen LogP contribution in [0.4, 0.5) is 0 Å². The standard InChI is InChI=1S/C6H10O3/c7-4-2-1-3-5(8)6(4)9/h4-5,7-8H,1-3H2. The zero-order valence-electron chi connectivity index (χ0n) is 5.08. The molecule has 1 aliphatic carbocycles. The van der Waals surface area contributed by atoms with Gasteiger partial charge in [0.2, 0.25) is 0 Å². The Morgan fingerprint density at radius 3 is 2.00 bits per heavy atom. The molecule has 1 aliphatic rings.